The molecule has 100 valence electrons. The summed E-state index contributed by atoms with van der Waals surface area (Å²) in [5, 5.41) is 2.91. The van der Waals surface area contributed by atoms with Gasteiger partial charge in [0.05, 0.1) is 17.4 Å². The van der Waals surface area contributed by atoms with Gasteiger partial charge < -0.3 is 10.3 Å². The molecule has 5 heteroatoms. The molecule has 3 rings (SSSR count). The molecule has 3 aromatic rings. The van der Waals surface area contributed by atoms with Gasteiger partial charge in [-0.1, -0.05) is 34.1 Å². The standard InChI is InChI=1S/C15H12BrN3O/c16-12-4-2-1-3-11(12)8-17-15(20)10-5-6-13-14(7-10)19-9-18-13/h1-7,9H,8H2,(H,17,20)(H,18,19). The van der Waals surface area contributed by atoms with Crippen LogP contribution in [0.1, 0.15) is 15.9 Å². The first-order valence-corrected chi connectivity index (χ1v) is 6.98. The average molecular weight is 330 g/mol. The minimum Gasteiger partial charge on any atom is -0.348 e. The van der Waals surface area contributed by atoms with Crippen LogP contribution in [0.15, 0.2) is 53.3 Å². The van der Waals surface area contributed by atoms with Gasteiger partial charge in [-0.3, -0.25) is 4.79 Å². The van der Waals surface area contributed by atoms with Crippen molar-refractivity contribution in [1.82, 2.24) is 15.3 Å². The lowest BCUT2D eigenvalue weighted by Gasteiger charge is -2.07. The summed E-state index contributed by atoms with van der Waals surface area (Å²) in [6, 6.07) is 13.2. The zero-order valence-corrected chi connectivity index (χ0v) is 12.1. The second kappa shape index (κ2) is 5.46. The van der Waals surface area contributed by atoms with Gasteiger partial charge in [0.25, 0.3) is 5.91 Å². The summed E-state index contributed by atoms with van der Waals surface area (Å²) in [6.07, 6.45) is 1.62. The molecular weight excluding hydrogens is 318 g/mol. The lowest BCUT2D eigenvalue weighted by atomic mass is 10.1. The molecule has 1 amide bonds. The monoisotopic (exact) mass is 329 g/mol. The van der Waals surface area contributed by atoms with Crippen molar-refractivity contribution in [2.75, 3.05) is 0 Å². The number of halogens is 1. The topological polar surface area (TPSA) is 57.8 Å². The van der Waals surface area contributed by atoms with Crippen molar-refractivity contribution < 1.29 is 4.79 Å². The molecule has 0 fully saturated rings. The van der Waals surface area contributed by atoms with Crippen LogP contribution in [0.4, 0.5) is 0 Å². The second-order valence-corrected chi connectivity index (χ2v) is 5.26. The number of amides is 1. The maximum Gasteiger partial charge on any atom is 0.251 e. The maximum atomic E-state index is 12.1. The normalized spacial score (nSPS) is 10.7. The molecule has 0 bridgehead atoms. The maximum absolute atomic E-state index is 12.1. The molecular formula is C15H12BrN3O. The fraction of sp³-hybridized carbons (Fsp3) is 0.0667. The van der Waals surface area contributed by atoms with Gasteiger partial charge in [-0.15, -0.1) is 0 Å². The van der Waals surface area contributed by atoms with Gasteiger partial charge in [-0.25, -0.2) is 4.98 Å². The number of hydrogen-bond acceptors (Lipinski definition) is 2. The van der Waals surface area contributed by atoms with E-state index in [1.807, 2.05) is 30.3 Å². The number of carbonyl (C=O) groups is 1. The summed E-state index contributed by atoms with van der Waals surface area (Å²) in [4.78, 5) is 19.3. The number of nitrogens with one attached hydrogen (secondary N) is 2. The van der Waals surface area contributed by atoms with E-state index in [2.05, 4.69) is 31.2 Å². The van der Waals surface area contributed by atoms with Crippen molar-refractivity contribution in [1.29, 1.82) is 0 Å². The minimum absolute atomic E-state index is 0.0998. The predicted octanol–water partition coefficient (Wildman–Crippen LogP) is 3.26. The van der Waals surface area contributed by atoms with Crippen LogP contribution in [0.2, 0.25) is 0 Å². The Bertz CT molecular complexity index is 766. The number of nitrogens with zero attached hydrogens (tertiary/aromatic N) is 1. The fourth-order valence-electron chi connectivity index (χ4n) is 2.00. The molecule has 20 heavy (non-hydrogen) atoms. The van der Waals surface area contributed by atoms with E-state index >= 15 is 0 Å². The van der Waals surface area contributed by atoms with E-state index in [1.165, 1.54) is 0 Å². The number of hydrogen-bond donors (Lipinski definition) is 2. The van der Waals surface area contributed by atoms with Gasteiger partial charge in [-0.05, 0) is 29.8 Å². The number of aromatic amines is 1. The third kappa shape index (κ3) is 2.58. The zero-order valence-electron chi connectivity index (χ0n) is 10.6. The molecule has 0 aliphatic heterocycles. The first-order chi connectivity index (χ1) is 9.74. The van der Waals surface area contributed by atoms with Crippen LogP contribution in [-0.2, 0) is 6.54 Å². The van der Waals surface area contributed by atoms with Crippen molar-refractivity contribution in [3.63, 3.8) is 0 Å². The summed E-state index contributed by atoms with van der Waals surface area (Å²) in [5.41, 5.74) is 3.38. The third-order valence-corrected chi connectivity index (χ3v) is 3.85. The molecule has 1 aromatic heterocycles. The summed E-state index contributed by atoms with van der Waals surface area (Å²) < 4.78 is 0.990. The molecule has 0 saturated heterocycles. The lowest BCUT2D eigenvalue weighted by molar-refractivity contribution is 0.0951. The van der Waals surface area contributed by atoms with Crippen molar-refractivity contribution in [2.45, 2.75) is 6.54 Å². The Hall–Kier alpha value is -2.14. The van der Waals surface area contributed by atoms with E-state index in [-0.39, 0.29) is 5.91 Å². The Kier molecular flexibility index (Phi) is 3.52. The Morgan fingerprint density at radius 3 is 2.95 bits per heavy atom. The van der Waals surface area contributed by atoms with Crippen LogP contribution in [0.25, 0.3) is 11.0 Å². The highest BCUT2D eigenvalue weighted by Crippen LogP contribution is 2.16. The molecule has 0 spiro atoms. The molecule has 2 N–H and O–H groups in total. The molecule has 0 unspecified atom stereocenters. The van der Waals surface area contributed by atoms with Gasteiger partial charge in [-0.2, -0.15) is 0 Å². The highest BCUT2D eigenvalue weighted by atomic mass is 79.9. The van der Waals surface area contributed by atoms with Crippen LogP contribution in [-0.4, -0.2) is 15.9 Å². The molecule has 0 radical (unpaired) electrons. The van der Waals surface area contributed by atoms with E-state index < -0.39 is 0 Å². The van der Waals surface area contributed by atoms with E-state index in [0.717, 1.165) is 21.1 Å². The van der Waals surface area contributed by atoms with Crippen LogP contribution < -0.4 is 5.32 Å². The van der Waals surface area contributed by atoms with E-state index in [0.29, 0.717) is 12.1 Å². The van der Waals surface area contributed by atoms with Crippen LogP contribution in [0.3, 0.4) is 0 Å². The highest BCUT2D eigenvalue weighted by Gasteiger charge is 2.08. The summed E-state index contributed by atoms with van der Waals surface area (Å²) in [6.45, 7) is 0.487. The van der Waals surface area contributed by atoms with Gasteiger partial charge >= 0.3 is 0 Å². The number of rotatable bonds is 3. The first kappa shape index (κ1) is 12.9. The van der Waals surface area contributed by atoms with Crippen molar-refractivity contribution >= 4 is 32.9 Å². The highest BCUT2D eigenvalue weighted by molar-refractivity contribution is 9.10. The fourth-order valence-corrected chi connectivity index (χ4v) is 2.42. The van der Waals surface area contributed by atoms with Crippen LogP contribution >= 0.6 is 15.9 Å². The summed E-state index contributed by atoms with van der Waals surface area (Å²) >= 11 is 3.47. The molecule has 0 atom stereocenters. The largest absolute Gasteiger partial charge is 0.348 e. The van der Waals surface area contributed by atoms with Crippen LogP contribution in [0, 0.1) is 0 Å². The Morgan fingerprint density at radius 1 is 1.25 bits per heavy atom. The molecule has 1 heterocycles. The quantitative estimate of drug-likeness (QED) is 0.774. The first-order valence-electron chi connectivity index (χ1n) is 6.19. The smallest absolute Gasteiger partial charge is 0.251 e. The number of benzene rings is 2. The zero-order chi connectivity index (χ0) is 13.9. The Morgan fingerprint density at radius 2 is 2.10 bits per heavy atom. The Balaban J connectivity index is 1.74. The number of H-pyrrole nitrogens is 1. The third-order valence-electron chi connectivity index (χ3n) is 3.08. The van der Waals surface area contributed by atoms with Gasteiger partial charge in [0.15, 0.2) is 0 Å². The molecule has 0 aliphatic rings. The molecule has 2 aromatic carbocycles. The summed E-state index contributed by atoms with van der Waals surface area (Å²) in [5.74, 6) is -0.0998. The minimum atomic E-state index is -0.0998. The van der Waals surface area contributed by atoms with E-state index in [4.69, 9.17) is 0 Å². The second-order valence-electron chi connectivity index (χ2n) is 4.41. The Labute approximate surface area is 124 Å². The number of carbonyl (C=O) groups excluding carboxylic acids is 1. The van der Waals surface area contributed by atoms with Crippen molar-refractivity contribution in [2.24, 2.45) is 0 Å². The van der Waals surface area contributed by atoms with E-state index in [1.54, 1.807) is 18.5 Å². The average Bonchev–Trinajstić information content (AvgIpc) is 2.93. The predicted molar refractivity (Wildman–Crippen MR) is 81.4 cm³/mol. The van der Waals surface area contributed by atoms with Gasteiger partial charge in [0.1, 0.15) is 0 Å². The molecule has 0 saturated carbocycles. The van der Waals surface area contributed by atoms with Crippen LogP contribution in [0.5, 0.6) is 0 Å². The van der Waals surface area contributed by atoms with Crippen molar-refractivity contribution in [3.05, 3.63) is 64.4 Å². The molecule has 0 aliphatic carbocycles. The lowest BCUT2D eigenvalue weighted by Crippen LogP contribution is -2.22. The number of imidazole rings is 1. The SMILES string of the molecule is O=C(NCc1ccccc1Br)c1ccc2nc[nH]c2c1. The van der Waals surface area contributed by atoms with Crippen molar-refractivity contribution in [3.8, 4) is 0 Å². The number of aromatic nitrogens is 2. The van der Waals surface area contributed by atoms with Gasteiger partial charge in [0, 0.05) is 16.6 Å². The summed E-state index contributed by atoms with van der Waals surface area (Å²) in [7, 11) is 0. The van der Waals surface area contributed by atoms with E-state index in [9.17, 15) is 4.79 Å². The van der Waals surface area contributed by atoms with Gasteiger partial charge in [0.2, 0.25) is 0 Å². The number of fused-ring (bicyclic) bond motifs is 1. The molecule has 4 nitrogen and oxygen atoms in total.